The maximum absolute atomic E-state index is 6.49. The molecule has 33 heavy (non-hydrogen) atoms. The van der Waals surface area contributed by atoms with Crippen LogP contribution in [0.25, 0.3) is 0 Å². The summed E-state index contributed by atoms with van der Waals surface area (Å²) in [5.74, 6) is -0.0852. The van der Waals surface area contributed by atoms with Crippen molar-refractivity contribution >= 4 is 139 Å². The minimum Gasteiger partial charge on any atom is -0.586 e. The van der Waals surface area contributed by atoms with Crippen LogP contribution in [0.15, 0.2) is 0 Å². The van der Waals surface area contributed by atoms with E-state index in [0.717, 1.165) is 18.1 Å². The molecular weight excluding hydrogens is 674 g/mol. The highest BCUT2D eigenvalue weighted by molar-refractivity contribution is 6.78. The lowest BCUT2D eigenvalue weighted by Crippen LogP contribution is -2.47. The zero-order valence-corrected chi connectivity index (χ0v) is 26.9. The van der Waals surface area contributed by atoms with Gasteiger partial charge in [-0.15, -0.1) is 0 Å². The smallest absolute Gasteiger partial charge is 0.586 e. The molecule has 15 heteroatoms. The third-order valence-corrected chi connectivity index (χ3v) is 17.0. The minimum absolute atomic E-state index is 0.0116. The molecule has 0 heterocycles. The summed E-state index contributed by atoms with van der Waals surface area (Å²) < 4.78 is 18.7. The third-order valence-electron chi connectivity index (χ3n) is 5.05. The minimum atomic E-state index is -3.19. The Morgan fingerprint density at radius 2 is 0.727 bits per heavy atom. The first-order valence-electron chi connectivity index (χ1n) is 9.39. The molecule has 2 aromatic carbocycles. The summed E-state index contributed by atoms with van der Waals surface area (Å²) in [6, 6.07) is 2.39. The number of hydrogen-bond donors (Lipinski definition) is 0. The highest BCUT2D eigenvalue weighted by atomic mass is 35.5. The molecule has 0 radical (unpaired) electrons. The highest BCUT2D eigenvalue weighted by Gasteiger charge is 2.49. The largest absolute Gasteiger partial charge is 1.09 e. The molecule has 0 aromatic heterocycles. The Balaban J connectivity index is 2.63. The zero-order chi connectivity index (χ0) is 25.2. The van der Waals surface area contributed by atoms with Gasteiger partial charge in [-0.3, -0.25) is 0 Å². The molecule has 0 aliphatic carbocycles. The molecule has 0 saturated heterocycles. The van der Waals surface area contributed by atoms with Crippen LogP contribution >= 0.6 is 116 Å². The molecule has 0 saturated carbocycles. The van der Waals surface area contributed by atoms with Crippen LogP contribution in [0.4, 0.5) is 0 Å². The quantitative estimate of drug-likeness (QED) is 0.149. The van der Waals surface area contributed by atoms with Gasteiger partial charge in [0.05, 0.1) is 30.1 Å². The van der Waals surface area contributed by atoms with Crippen LogP contribution in [0.2, 0.25) is 68.4 Å². The summed E-state index contributed by atoms with van der Waals surface area (Å²) in [5.41, 5.74) is 0. The number of rotatable bonds is 9. The van der Waals surface area contributed by atoms with Crippen molar-refractivity contribution in [3.8, 4) is 11.5 Å². The Kier molecular flexibility index (Phi) is 12.1. The van der Waals surface area contributed by atoms with Crippen LogP contribution in [0.3, 0.4) is 0 Å². The fraction of sp³-hybridized carbons (Fsp3) is 0.333. The van der Waals surface area contributed by atoms with E-state index in [1.807, 2.05) is 20.8 Å². The van der Waals surface area contributed by atoms with Crippen molar-refractivity contribution in [2.24, 2.45) is 0 Å². The first kappa shape index (κ1) is 30.9. The van der Waals surface area contributed by atoms with Crippen LogP contribution in [0.5, 0.6) is 11.5 Å². The van der Waals surface area contributed by atoms with Crippen LogP contribution in [-0.2, 0) is 3.48 Å². The molecule has 2 rings (SSSR count). The van der Waals surface area contributed by atoms with Gasteiger partial charge in [0.25, 0.3) is 0 Å². The van der Waals surface area contributed by atoms with Crippen LogP contribution in [0.1, 0.15) is 20.8 Å². The van der Waals surface area contributed by atoms with E-state index < -0.39 is 23.5 Å². The number of hydrogen-bond acceptors (Lipinski definition) is 3. The second-order valence-electron chi connectivity index (χ2n) is 6.68. The van der Waals surface area contributed by atoms with E-state index in [0.29, 0.717) is 0 Å². The Bertz CT molecular complexity index is 913. The van der Waals surface area contributed by atoms with Crippen molar-refractivity contribution < 1.29 is 11.1 Å². The third kappa shape index (κ3) is 6.57. The summed E-state index contributed by atoms with van der Waals surface area (Å²) in [6.07, 6.45) is 0. The van der Waals surface area contributed by atoms with Crippen molar-refractivity contribution in [3.63, 3.8) is 0 Å². The lowest BCUT2D eigenvalue weighted by molar-refractivity contribution is 0.300. The maximum Gasteiger partial charge on any atom is 1.09 e. The van der Waals surface area contributed by atoms with Gasteiger partial charge >= 0.3 is 15.1 Å². The Morgan fingerprint density at radius 1 is 0.485 bits per heavy atom. The molecule has 0 N–H and O–H groups in total. The topological polar surface area (TPSA) is 27.7 Å². The monoisotopic (exact) mass is 684 g/mol. The molecule has 182 valence electrons. The first-order chi connectivity index (χ1) is 15.4. The molecule has 3 nitrogen and oxygen atoms in total. The predicted octanol–water partition coefficient (Wildman–Crippen LogP) is 11.7. The second kappa shape index (κ2) is 12.9. The fourth-order valence-corrected chi connectivity index (χ4v) is 12.0. The molecule has 0 aliphatic rings. The van der Waals surface area contributed by atoms with Gasteiger partial charge in [-0.05, 0) is 18.1 Å². The molecule has 2 aromatic rings. The molecule has 0 unspecified atom stereocenters. The summed E-state index contributed by atoms with van der Waals surface area (Å²) in [7, 11) is -2.28. The van der Waals surface area contributed by atoms with Crippen molar-refractivity contribution in [2.75, 3.05) is 0 Å². The van der Waals surface area contributed by atoms with Crippen molar-refractivity contribution in [3.05, 3.63) is 50.2 Å². The standard InChI is InChI=1S/2C6HCl5O.C6H15OSi.Al/c2*7-1-2(8)4(10)6(12)5(11)3(1)9;1-4-8(7,5-2)6-3;/h2*12H;4-6H2,1-3H3;/q;;-1;+3/p-2. The number of benzene rings is 2. The Morgan fingerprint density at radius 3 is 0.970 bits per heavy atom. The van der Waals surface area contributed by atoms with Gasteiger partial charge in [-0.25, -0.2) is 0 Å². The Hall–Kier alpha value is 1.65. The molecule has 0 fully saturated rings. The molecule has 0 bridgehead atoms. The summed E-state index contributed by atoms with van der Waals surface area (Å²) >= 11 is 59.2. The van der Waals surface area contributed by atoms with Crippen LogP contribution in [0, 0.1) is 0 Å². The lowest BCUT2D eigenvalue weighted by atomic mass is 10.3. The normalized spacial score (nSPS) is 11.7. The van der Waals surface area contributed by atoms with Crippen LogP contribution < -0.4 is 7.58 Å². The highest BCUT2D eigenvalue weighted by Crippen LogP contribution is 2.50. The lowest BCUT2D eigenvalue weighted by Gasteiger charge is -2.31. The van der Waals surface area contributed by atoms with Gasteiger partial charge in [0.15, 0.2) is 8.32 Å². The van der Waals surface area contributed by atoms with E-state index in [4.69, 9.17) is 127 Å². The van der Waals surface area contributed by atoms with Gasteiger partial charge in [0.2, 0.25) is 0 Å². The van der Waals surface area contributed by atoms with E-state index >= 15 is 0 Å². The van der Waals surface area contributed by atoms with Gasteiger partial charge in [0.1, 0.15) is 31.6 Å². The predicted molar refractivity (Wildman–Crippen MR) is 148 cm³/mol. The average Bonchev–Trinajstić information content (AvgIpc) is 2.82. The van der Waals surface area contributed by atoms with Crippen molar-refractivity contribution in [1.29, 1.82) is 0 Å². The van der Waals surface area contributed by atoms with Gasteiger partial charge in [-0.2, -0.15) is 0 Å². The van der Waals surface area contributed by atoms with E-state index in [2.05, 4.69) is 0 Å². The maximum atomic E-state index is 6.49. The molecule has 0 amide bonds. The van der Waals surface area contributed by atoms with Gasteiger partial charge in [0, 0.05) is 0 Å². The van der Waals surface area contributed by atoms with E-state index in [-0.39, 0.29) is 61.7 Å². The molecule has 0 atom stereocenters. The fourth-order valence-electron chi connectivity index (χ4n) is 2.85. The summed E-state index contributed by atoms with van der Waals surface area (Å²) in [4.78, 5) is 0. The van der Waals surface area contributed by atoms with Gasteiger partial charge < -0.3 is 11.1 Å². The van der Waals surface area contributed by atoms with E-state index in [1.165, 1.54) is 0 Å². The number of halogens is 10. The van der Waals surface area contributed by atoms with Crippen molar-refractivity contribution in [1.82, 2.24) is 0 Å². The first-order valence-corrected chi connectivity index (χ1v) is 17.1. The van der Waals surface area contributed by atoms with E-state index in [1.54, 1.807) is 0 Å². The van der Waals surface area contributed by atoms with Crippen molar-refractivity contribution in [2.45, 2.75) is 38.9 Å². The second-order valence-corrected chi connectivity index (χ2v) is 16.9. The zero-order valence-electron chi connectivity index (χ0n) is 17.2. The van der Waals surface area contributed by atoms with E-state index in [9.17, 15) is 0 Å². The summed E-state index contributed by atoms with van der Waals surface area (Å²) in [5, 5.41) is -0.371. The molecule has 0 aliphatic heterocycles. The average molecular weight is 689 g/mol. The molecule has 0 spiro atoms. The molecular formula is C18H15AlCl10O3Si. The Labute approximate surface area is 248 Å². The summed E-state index contributed by atoms with van der Waals surface area (Å²) in [6.45, 7) is 6.12. The van der Waals surface area contributed by atoms with Gasteiger partial charge in [-0.1, -0.05) is 137 Å². The van der Waals surface area contributed by atoms with Crippen LogP contribution in [-0.4, -0.2) is 23.5 Å². The SMILES string of the molecule is CC[Si](CC)(CC)[O][Al]([O]c1c(Cl)c(Cl)c(Cl)c(Cl)c1Cl)[O]c1c(Cl)c(Cl)c(Cl)c(Cl)c1Cl.